The summed E-state index contributed by atoms with van der Waals surface area (Å²) >= 11 is 0. The predicted octanol–water partition coefficient (Wildman–Crippen LogP) is -7.79. The summed E-state index contributed by atoms with van der Waals surface area (Å²) in [6.07, 6.45) is -0.930. The molecule has 7 amide bonds. The average Bonchev–Trinajstić information content (AvgIpc) is 3.02. The minimum atomic E-state index is -1.74. The number of ketones is 1. The number of primary amides is 1. The van der Waals surface area contributed by atoms with Gasteiger partial charge in [-0.15, -0.1) is 0 Å². The van der Waals surface area contributed by atoms with Crippen LogP contribution in [0.1, 0.15) is 32.1 Å². The molecule has 0 aromatic heterocycles. The number of urea groups is 1. The van der Waals surface area contributed by atoms with Gasteiger partial charge in [0.25, 0.3) is 5.91 Å². The molecular weight excluding hydrogens is 640 g/mol. The Labute approximate surface area is 274 Å². The van der Waals surface area contributed by atoms with Gasteiger partial charge in [-0.2, -0.15) is 0 Å². The molecule has 2 heterocycles. The minimum Gasteiger partial charge on any atom is -0.396 e. The Bertz CT molecular complexity index is 1280. The topological polar surface area (TPSA) is 381 Å². The fourth-order valence-corrected chi connectivity index (χ4v) is 4.68. The molecule has 0 radical (unpaired) electrons. The maximum atomic E-state index is 13.6. The Morgan fingerprint density at radius 2 is 1.75 bits per heavy atom. The summed E-state index contributed by atoms with van der Waals surface area (Å²) < 4.78 is 0. The second-order valence-electron chi connectivity index (χ2n) is 11.0. The van der Waals surface area contributed by atoms with E-state index >= 15 is 0 Å². The van der Waals surface area contributed by atoms with E-state index in [0.717, 1.165) is 0 Å². The molecule has 0 aromatic rings. The van der Waals surface area contributed by atoms with Crippen LogP contribution in [0.3, 0.4) is 0 Å². The zero-order valence-electron chi connectivity index (χ0n) is 25.9. The second kappa shape index (κ2) is 19.0. The summed E-state index contributed by atoms with van der Waals surface area (Å²) in [7, 11) is 0. The molecule has 18 N–H and O–H groups in total. The Morgan fingerprint density at radius 1 is 1.04 bits per heavy atom. The van der Waals surface area contributed by atoms with Crippen LogP contribution in [0.2, 0.25) is 0 Å². The van der Waals surface area contributed by atoms with Crippen LogP contribution < -0.4 is 60.2 Å². The van der Waals surface area contributed by atoms with Gasteiger partial charge in [0.2, 0.25) is 23.6 Å². The lowest BCUT2D eigenvalue weighted by Crippen LogP contribution is -2.63. The number of aliphatic hydroxyl groups is 3. The zero-order chi connectivity index (χ0) is 36.0. The summed E-state index contributed by atoms with van der Waals surface area (Å²) in [5.74, 6) is -7.65. The lowest BCUT2D eigenvalue weighted by Gasteiger charge is -2.33. The number of aliphatic hydroxyl groups excluding tert-OH is 3. The van der Waals surface area contributed by atoms with Gasteiger partial charge in [0.1, 0.15) is 23.8 Å². The van der Waals surface area contributed by atoms with Crippen molar-refractivity contribution in [3.05, 3.63) is 11.9 Å². The normalized spacial score (nSPS) is 27.7. The molecule has 2 aliphatic heterocycles. The first-order valence-corrected chi connectivity index (χ1v) is 14.9. The first kappa shape index (κ1) is 39.3. The lowest BCUT2D eigenvalue weighted by molar-refractivity contribution is -0.136. The summed E-state index contributed by atoms with van der Waals surface area (Å²) in [6, 6.07) is -7.72. The highest BCUT2D eigenvalue weighted by Gasteiger charge is 2.37. The van der Waals surface area contributed by atoms with E-state index in [1.54, 1.807) is 0 Å². The standard InChI is InChI=1S/C26H44N12O10/c27-3-1-2-12(28)5-18(42)33-14-7-31-24(47)20(13-6-19(43)37-25(29)36-13)38-22(45)15(8-32-26(30)48)34-23(46)16(10-40)35-21(44)11(9-39)4-17(14)41/h8,11-14,16,19-20,39-40,43H,1-7,9-10,27-28H2,(H,31,47)(H,33,42)(H,34,46)(H,35,44)(H,38,45)(H3,29,36,37)(H3,30,32,48). The predicted molar refractivity (Wildman–Crippen MR) is 165 cm³/mol. The highest BCUT2D eigenvalue weighted by atomic mass is 16.3. The Kier molecular flexibility index (Phi) is 15.6. The number of carbonyl (C=O) groups is 7. The molecule has 0 aromatic carbocycles. The molecule has 2 aliphatic rings. The van der Waals surface area contributed by atoms with Crippen molar-refractivity contribution in [2.24, 2.45) is 33.8 Å². The highest BCUT2D eigenvalue weighted by Crippen LogP contribution is 2.12. The van der Waals surface area contributed by atoms with Gasteiger partial charge in [-0.3, -0.25) is 28.8 Å². The summed E-state index contributed by atoms with van der Waals surface area (Å²) in [6.45, 7) is -2.15. The van der Waals surface area contributed by atoms with Gasteiger partial charge >= 0.3 is 6.03 Å². The molecule has 0 aliphatic carbocycles. The fourth-order valence-electron chi connectivity index (χ4n) is 4.68. The zero-order valence-corrected chi connectivity index (χ0v) is 25.9. The highest BCUT2D eigenvalue weighted by molar-refractivity contribution is 6.02. The van der Waals surface area contributed by atoms with Crippen LogP contribution in [0.15, 0.2) is 16.9 Å². The second-order valence-corrected chi connectivity index (χ2v) is 11.0. The molecule has 1 saturated heterocycles. The number of rotatable bonds is 10. The molecule has 7 unspecified atom stereocenters. The van der Waals surface area contributed by atoms with Gasteiger partial charge in [0, 0.05) is 38.0 Å². The van der Waals surface area contributed by atoms with E-state index in [1.165, 1.54) is 0 Å². The molecule has 22 heteroatoms. The van der Waals surface area contributed by atoms with Crippen molar-refractivity contribution >= 4 is 47.3 Å². The summed E-state index contributed by atoms with van der Waals surface area (Å²) in [4.78, 5) is 94.2. The van der Waals surface area contributed by atoms with Gasteiger partial charge in [-0.1, -0.05) is 0 Å². The van der Waals surface area contributed by atoms with Crippen LogP contribution >= 0.6 is 0 Å². The van der Waals surface area contributed by atoms with Crippen LogP contribution in [-0.2, 0) is 28.8 Å². The quantitative estimate of drug-likeness (QED) is 0.0951. The van der Waals surface area contributed by atoms with E-state index in [2.05, 4.69) is 36.9 Å². The van der Waals surface area contributed by atoms with Crippen molar-refractivity contribution < 1.29 is 48.9 Å². The molecule has 48 heavy (non-hydrogen) atoms. The van der Waals surface area contributed by atoms with Crippen molar-refractivity contribution in [3.63, 3.8) is 0 Å². The smallest absolute Gasteiger partial charge is 0.316 e. The molecule has 0 bridgehead atoms. The average molecular weight is 685 g/mol. The number of nitrogens with two attached hydrogens (primary N) is 4. The number of nitrogens with zero attached hydrogens (tertiary/aromatic N) is 1. The third kappa shape index (κ3) is 12.4. The molecule has 7 atom stereocenters. The maximum absolute atomic E-state index is 13.6. The fraction of sp³-hybridized carbons (Fsp3) is 0.615. The molecule has 22 nitrogen and oxygen atoms in total. The lowest BCUT2D eigenvalue weighted by atomic mass is 9.96. The number of nitrogens with one attached hydrogen (secondary N) is 7. The van der Waals surface area contributed by atoms with E-state index in [4.69, 9.17) is 22.9 Å². The molecular formula is C26H44N12O10. The Balaban J connectivity index is 2.54. The number of guanidine groups is 1. The van der Waals surface area contributed by atoms with E-state index in [-0.39, 0.29) is 18.8 Å². The van der Waals surface area contributed by atoms with Crippen LogP contribution in [0.4, 0.5) is 4.79 Å². The largest absolute Gasteiger partial charge is 0.396 e. The van der Waals surface area contributed by atoms with E-state index in [9.17, 15) is 48.9 Å². The third-order valence-electron chi connectivity index (χ3n) is 7.20. The number of aliphatic imine (C=N–C) groups is 1. The van der Waals surface area contributed by atoms with E-state index < -0.39 is 116 Å². The summed E-state index contributed by atoms with van der Waals surface area (Å²) in [5, 5.41) is 46.0. The Morgan fingerprint density at radius 3 is 2.35 bits per heavy atom. The van der Waals surface area contributed by atoms with E-state index in [1.807, 2.05) is 5.32 Å². The number of carbonyl (C=O) groups excluding carboxylic acids is 7. The molecule has 268 valence electrons. The van der Waals surface area contributed by atoms with Crippen molar-refractivity contribution in [2.45, 2.75) is 68.5 Å². The number of hydrogen-bond acceptors (Lipinski definition) is 15. The monoisotopic (exact) mass is 684 g/mol. The van der Waals surface area contributed by atoms with Gasteiger partial charge in [-0.05, 0) is 19.4 Å². The van der Waals surface area contributed by atoms with Gasteiger partial charge < -0.3 is 75.5 Å². The van der Waals surface area contributed by atoms with Crippen molar-refractivity contribution in [3.8, 4) is 0 Å². The van der Waals surface area contributed by atoms with Crippen molar-refractivity contribution in [1.29, 1.82) is 0 Å². The number of Topliss-reactive ketones (excluding diaryl/α,β-unsaturated/α-hetero) is 1. The molecule has 0 spiro atoms. The molecule has 2 rings (SSSR count). The van der Waals surface area contributed by atoms with Gasteiger partial charge in [0.15, 0.2) is 18.0 Å². The van der Waals surface area contributed by atoms with Crippen molar-refractivity contribution in [1.82, 2.24) is 37.2 Å². The summed E-state index contributed by atoms with van der Waals surface area (Å²) in [5.41, 5.74) is 21.5. The van der Waals surface area contributed by atoms with Crippen LogP contribution in [0, 0.1) is 5.92 Å². The van der Waals surface area contributed by atoms with E-state index in [0.29, 0.717) is 25.6 Å². The van der Waals surface area contributed by atoms with Crippen LogP contribution in [-0.4, -0.2) is 125 Å². The molecule has 1 fully saturated rings. The first-order valence-electron chi connectivity index (χ1n) is 14.9. The Hall–Kier alpha value is -4.90. The SMILES string of the molecule is NCCCC(N)CC(=O)NC1CNC(=O)C(C2CC(O)N=C(N)N2)NC(=O)C(=CNC(N)=O)NC(=O)C(CO)NC(=O)C(CO)CC1=O. The molecule has 0 saturated carbocycles. The third-order valence-corrected chi connectivity index (χ3v) is 7.20. The number of hydrogen-bond donors (Lipinski definition) is 14. The maximum Gasteiger partial charge on any atom is 0.316 e. The van der Waals surface area contributed by atoms with Crippen LogP contribution in [0.25, 0.3) is 0 Å². The van der Waals surface area contributed by atoms with Gasteiger partial charge in [0.05, 0.1) is 25.2 Å². The number of amides is 7. The minimum absolute atomic E-state index is 0.218. The van der Waals surface area contributed by atoms with Gasteiger partial charge in [-0.25, -0.2) is 9.79 Å². The van der Waals surface area contributed by atoms with Crippen LogP contribution in [0.5, 0.6) is 0 Å². The first-order chi connectivity index (χ1) is 22.7. The van der Waals surface area contributed by atoms with Crippen molar-refractivity contribution in [2.75, 3.05) is 26.3 Å².